The zero-order chi connectivity index (χ0) is 21.0. The number of hydrogen-bond donors (Lipinski definition) is 1. The van der Waals surface area contributed by atoms with Crippen LogP contribution in [0.4, 0.5) is 0 Å². The Morgan fingerprint density at radius 2 is 1.93 bits per heavy atom. The molecule has 1 unspecified atom stereocenters. The first-order valence-corrected chi connectivity index (χ1v) is 10.5. The van der Waals surface area contributed by atoms with Gasteiger partial charge in [-0.1, -0.05) is 44.2 Å². The van der Waals surface area contributed by atoms with E-state index in [9.17, 15) is 9.59 Å². The summed E-state index contributed by atoms with van der Waals surface area (Å²) >= 11 is 0. The lowest BCUT2D eigenvalue weighted by Crippen LogP contribution is -2.46. The van der Waals surface area contributed by atoms with E-state index in [1.807, 2.05) is 55.5 Å². The Morgan fingerprint density at radius 1 is 1.21 bits per heavy atom. The number of rotatable bonds is 6. The molecule has 0 saturated carbocycles. The summed E-state index contributed by atoms with van der Waals surface area (Å²) in [7, 11) is 0. The standard InChI is InChI=1S/C23H32N4O2/c1-16(2)23(29)26-12-8-11-20(15-26)22(28)24-13-21-17(3)25-27(18(21)4)14-19-9-6-5-7-10-19/h5-7,9-10,16,20H,8,11-15H2,1-4H3,(H,24,28). The molecule has 156 valence electrons. The van der Waals surface area contributed by atoms with Crippen molar-refractivity contribution in [1.82, 2.24) is 20.0 Å². The van der Waals surface area contributed by atoms with Crippen LogP contribution < -0.4 is 5.32 Å². The average molecular weight is 397 g/mol. The lowest BCUT2D eigenvalue weighted by Gasteiger charge is -2.33. The van der Waals surface area contributed by atoms with Crippen molar-refractivity contribution in [1.29, 1.82) is 0 Å². The Bertz CT molecular complexity index is 857. The van der Waals surface area contributed by atoms with Gasteiger partial charge in [-0.05, 0) is 32.3 Å². The van der Waals surface area contributed by atoms with Crippen LogP contribution in [0.1, 0.15) is 49.2 Å². The first-order chi connectivity index (χ1) is 13.9. The largest absolute Gasteiger partial charge is 0.352 e. The van der Waals surface area contributed by atoms with E-state index in [-0.39, 0.29) is 23.7 Å². The molecule has 3 rings (SSSR count). The minimum atomic E-state index is -0.133. The number of amides is 2. The molecule has 1 fully saturated rings. The van der Waals surface area contributed by atoms with Gasteiger partial charge in [-0.25, -0.2) is 0 Å². The zero-order valence-electron chi connectivity index (χ0n) is 17.9. The summed E-state index contributed by atoms with van der Waals surface area (Å²) in [6.07, 6.45) is 1.71. The van der Waals surface area contributed by atoms with Crippen molar-refractivity contribution < 1.29 is 9.59 Å². The molecule has 1 atom stereocenters. The lowest BCUT2D eigenvalue weighted by atomic mass is 9.96. The Labute approximate surface area is 173 Å². The van der Waals surface area contributed by atoms with Gasteiger partial charge in [0.15, 0.2) is 0 Å². The van der Waals surface area contributed by atoms with Crippen LogP contribution in [0.2, 0.25) is 0 Å². The topological polar surface area (TPSA) is 67.2 Å². The molecule has 6 nitrogen and oxygen atoms in total. The molecule has 0 spiro atoms. The Hall–Kier alpha value is -2.63. The number of nitrogens with zero attached hydrogens (tertiary/aromatic N) is 3. The van der Waals surface area contributed by atoms with Gasteiger partial charge in [-0.15, -0.1) is 0 Å². The fraction of sp³-hybridized carbons (Fsp3) is 0.522. The Morgan fingerprint density at radius 3 is 2.62 bits per heavy atom. The van der Waals surface area contributed by atoms with E-state index < -0.39 is 0 Å². The van der Waals surface area contributed by atoms with Crippen molar-refractivity contribution in [2.24, 2.45) is 11.8 Å². The van der Waals surface area contributed by atoms with Crippen molar-refractivity contribution in [2.75, 3.05) is 13.1 Å². The number of piperidine rings is 1. The predicted octanol–water partition coefficient (Wildman–Crippen LogP) is 3.06. The SMILES string of the molecule is Cc1nn(Cc2ccccc2)c(C)c1CNC(=O)C1CCCN(C(=O)C(C)C)C1. The Balaban J connectivity index is 1.61. The highest BCUT2D eigenvalue weighted by molar-refractivity contribution is 5.82. The minimum absolute atomic E-state index is 0.0286. The van der Waals surface area contributed by atoms with Crippen LogP contribution in [0.15, 0.2) is 30.3 Å². The molecule has 1 saturated heterocycles. The van der Waals surface area contributed by atoms with Gasteiger partial charge in [0.05, 0.1) is 18.2 Å². The van der Waals surface area contributed by atoms with E-state index in [1.54, 1.807) is 0 Å². The second-order valence-electron chi connectivity index (χ2n) is 8.29. The van der Waals surface area contributed by atoms with Crippen LogP contribution in [0.5, 0.6) is 0 Å². The molecule has 1 aliphatic rings. The highest BCUT2D eigenvalue weighted by Gasteiger charge is 2.29. The summed E-state index contributed by atoms with van der Waals surface area (Å²) in [6, 6.07) is 10.2. The third-order valence-corrected chi connectivity index (χ3v) is 5.74. The number of carbonyl (C=O) groups is 2. The fourth-order valence-electron chi connectivity index (χ4n) is 3.98. The molecule has 1 aliphatic heterocycles. The van der Waals surface area contributed by atoms with Crippen molar-refractivity contribution >= 4 is 11.8 Å². The van der Waals surface area contributed by atoms with Crippen LogP contribution >= 0.6 is 0 Å². The minimum Gasteiger partial charge on any atom is -0.352 e. The van der Waals surface area contributed by atoms with Gasteiger partial charge in [0.1, 0.15) is 0 Å². The average Bonchev–Trinajstić information content (AvgIpc) is 2.99. The maximum absolute atomic E-state index is 12.8. The molecule has 2 aromatic rings. The number of nitrogens with one attached hydrogen (secondary N) is 1. The van der Waals surface area contributed by atoms with Gasteiger partial charge < -0.3 is 10.2 Å². The first kappa shape index (κ1) is 21.1. The summed E-state index contributed by atoms with van der Waals surface area (Å²) < 4.78 is 2.00. The van der Waals surface area contributed by atoms with E-state index in [0.29, 0.717) is 13.1 Å². The van der Waals surface area contributed by atoms with Gasteiger partial charge in [0, 0.05) is 36.8 Å². The number of likely N-dealkylation sites (tertiary alicyclic amines) is 1. The fourth-order valence-corrected chi connectivity index (χ4v) is 3.98. The second-order valence-corrected chi connectivity index (χ2v) is 8.29. The summed E-state index contributed by atoms with van der Waals surface area (Å²) in [6.45, 7) is 10.3. The van der Waals surface area contributed by atoms with Crippen molar-refractivity contribution in [2.45, 2.75) is 53.6 Å². The monoisotopic (exact) mass is 396 g/mol. The third-order valence-electron chi connectivity index (χ3n) is 5.74. The quantitative estimate of drug-likeness (QED) is 0.816. The van der Waals surface area contributed by atoms with E-state index in [2.05, 4.69) is 22.5 Å². The van der Waals surface area contributed by atoms with Crippen LogP contribution in [0.25, 0.3) is 0 Å². The van der Waals surface area contributed by atoms with Gasteiger partial charge in [-0.3, -0.25) is 14.3 Å². The number of aryl methyl sites for hydroxylation is 1. The van der Waals surface area contributed by atoms with Crippen LogP contribution in [0.3, 0.4) is 0 Å². The van der Waals surface area contributed by atoms with Crippen LogP contribution in [-0.4, -0.2) is 39.6 Å². The third kappa shape index (κ3) is 5.05. The number of benzene rings is 1. The molecule has 0 radical (unpaired) electrons. The molecule has 2 amide bonds. The second kappa shape index (κ2) is 9.25. The normalized spacial score (nSPS) is 16.9. The van der Waals surface area contributed by atoms with Gasteiger partial charge in [0.2, 0.25) is 11.8 Å². The van der Waals surface area contributed by atoms with Crippen molar-refractivity contribution in [3.05, 3.63) is 52.8 Å². The van der Waals surface area contributed by atoms with Crippen LogP contribution in [-0.2, 0) is 22.7 Å². The summed E-state index contributed by atoms with van der Waals surface area (Å²) in [4.78, 5) is 26.9. The molecule has 2 heterocycles. The highest BCUT2D eigenvalue weighted by Crippen LogP contribution is 2.20. The summed E-state index contributed by atoms with van der Waals surface area (Å²) in [5.41, 5.74) is 4.29. The van der Waals surface area contributed by atoms with E-state index in [1.165, 1.54) is 5.56 Å². The highest BCUT2D eigenvalue weighted by atomic mass is 16.2. The summed E-state index contributed by atoms with van der Waals surface area (Å²) in [5, 5.41) is 7.75. The molecule has 6 heteroatoms. The van der Waals surface area contributed by atoms with E-state index in [0.717, 1.165) is 42.9 Å². The van der Waals surface area contributed by atoms with E-state index >= 15 is 0 Å². The van der Waals surface area contributed by atoms with Gasteiger partial charge in [0.25, 0.3) is 0 Å². The molecular formula is C23H32N4O2. The molecule has 0 bridgehead atoms. The number of carbonyl (C=O) groups excluding carboxylic acids is 2. The Kier molecular flexibility index (Phi) is 6.72. The number of hydrogen-bond acceptors (Lipinski definition) is 3. The van der Waals surface area contributed by atoms with Gasteiger partial charge in [-0.2, -0.15) is 5.10 Å². The zero-order valence-corrected chi connectivity index (χ0v) is 17.9. The van der Waals surface area contributed by atoms with E-state index in [4.69, 9.17) is 0 Å². The molecular weight excluding hydrogens is 364 g/mol. The smallest absolute Gasteiger partial charge is 0.225 e. The maximum atomic E-state index is 12.8. The molecule has 29 heavy (non-hydrogen) atoms. The first-order valence-electron chi connectivity index (χ1n) is 10.5. The van der Waals surface area contributed by atoms with Crippen molar-refractivity contribution in [3.8, 4) is 0 Å². The molecule has 1 aromatic heterocycles. The predicted molar refractivity (Wildman–Crippen MR) is 113 cm³/mol. The van der Waals surface area contributed by atoms with Crippen LogP contribution in [0, 0.1) is 25.7 Å². The molecule has 1 aromatic carbocycles. The number of aromatic nitrogens is 2. The maximum Gasteiger partial charge on any atom is 0.225 e. The molecule has 1 N–H and O–H groups in total. The lowest BCUT2D eigenvalue weighted by molar-refractivity contribution is -0.138. The molecule has 0 aliphatic carbocycles. The summed E-state index contributed by atoms with van der Waals surface area (Å²) in [5.74, 6) is 0.00114. The van der Waals surface area contributed by atoms with Crippen molar-refractivity contribution in [3.63, 3.8) is 0 Å². The van der Waals surface area contributed by atoms with Gasteiger partial charge >= 0.3 is 0 Å².